The topological polar surface area (TPSA) is 38.3 Å². The molecule has 0 aliphatic rings. The van der Waals surface area contributed by atoms with Gasteiger partial charge in [0.05, 0.1) is 12.6 Å². The van der Waals surface area contributed by atoms with Crippen LogP contribution in [0.3, 0.4) is 0 Å². The van der Waals surface area contributed by atoms with Crippen molar-refractivity contribution in [2.75, 3.05) is 7.11 Å². The van der Waals surface area contributed by atoms with E-state index in [1.165, 1.54) is 0 Å². The van der Waals surface area contributed by atoms with Gasteiger partial charge in [0.15, 0.2) is 0 Å². The van der Waals surface area contributed by atoms with Crippen LogP contribution >= 0.6 is 0 Å². The van der Waals surface area contributed by atoms with Crippen LogP contribution in [0.4, 0.5) is 0 Å². The Bertz CT molecular complexity index is 787. The fourth-order valence-electron chi connectivity index (χ4n) is 2.90. The maximum absolute atomic E-state index is 12.9. The molecule has 1 N–H and O–H groups in total. The lowest BCUT2D eigenvalue weighted by Gasteiger charge is -2.32. The number of nitrogens with one attached hydrogen (secondary N) is 1. The number of rotatable bonds is 5. The standard InChI is InChI=1S/C22H21NO2/c1-22(18-9-5-3-6-10-18,19-11-7-4-8-12-19)23-21(24)17-13-15-20(25-2)16-14-17/h3-16H,1-2H3,(H,23,24). The molecule has 0 bridgehead atoms. The molecule has 0 aliphatic carbocycles. The van der Waals surface area contributed by atoms with Crippen molar-refractivity contribution in [1.82, 2.24) is 5.32 Å². The van der Waals surface area contributed by atoms with Gasteiger partial charge in [-0.15, -0.1) is 0 Å². The quantitative estimate of drug-likeness (QED) is 0.753. The second-order valence-corrected chi connectivity index (χ2v) is 6.04. The molecule has 0 unspecified atom stereocenters. The van der Waals surface area contributed by atoms with Crippen molar-refractivity contribution in [3.63, 3.8) is 0 Å². The van der Waals surface area contributed by atoms with Gasteiger partial charge < -0.3 is 10.1 Å². The van der Waals surface area contributed by atoms with Crippen LogP contribution < -0.4 is 10.1 Å². The van der Waals surface area contributed by atoms with E-state index in [0.717, 1.165) is 16.9 Å². The Balaban J connectivity index is 1.96. The highest BCUT2D eigenvalue weighted by molar-refractivity contribution is 5.95. The molecule has 3 rings (SSSR count). The zero-order valence-electron chi connectivity index (χ0n) is 14.4. The second-order valence-electron chi connectivity index (χ2n) is 6.04. The average Bonchev–Trinajstić information content (AvgIpc) is 2.69. The molecular formula is C22H21NO2. The van der Waals surface area contributed by atoms with Gasteiger partial charge in [-0.25, -0.2) is 0 Å². The maximum Gasteiger partial charge on any atom is 0.252 e. The van der Waals surface area contributed by atoms with Crippen molar-refractivity contribution >= 4 is 5.91 Å². The second kappa shape index (κ2) is 7.22. The smallest absolute Gasteiger partial charge is 0.252 e. The molecule has 0 fully saturated rings. The number of hydrogen-bond donors (Lipinski definition) is 1. The molecular weight excluding hydrogens is 310 g/mol. The van der Waals surface area contributed by atoms with Gasteiger partial charge in [-0.3, -0.25) is 4.79 Å². The van der Waals surface area contributed by atoms with Gasteiger partial charge in [0.25, 0.3) is 5.91 Å². The highest BCUT2D eigenvalue weighted by Crippen LogP contribution is 2.29. The number of ether oxygens (including phenoxy) is 1. The van der Waals surface area contributed by atoms with Crippen molar-refractivity contribution in [3.8, 4) is 5.75 Å². The van der Waals surface area contributed by atoms with Gasteiger partial charge >= 0.3 is 0 Å². The van der Waals surface area contributed by atoms with Gasteiger partial charge in [0.2, 0.25) is 0 Å². The molecule has 0 aliphatic heterocycles. The third-order valence-corrected chi connectivity index (χ3v) is 4.42. The van der Waals surface area contributed by atoms with Gasteiger partial charge in [-0.1, -0.05) is 60.7 Å². The van der Waals surface area contributed by atoms with Gasteiger partial charge in [-0.2, -0.15) is 0 Å². The molecule has 0 atom stereocenters. The Morgan fingerprint density at radius 3 is 1.72 bits per heavy atom. The first-order valence-corrected chi connectivity index (χ1v) is 8.21. The van der Waals surface area contributed by atoms with E-state index >= 15 is 0 Å². The summed E-state index contributed by atoms with van der Waals surface area (Å²) < 4.78 is 5.16. The van der Waals surface area contributed by atoms with Crippen molar-refractivity contribution < 1.29 is 9.53 Å². The lowest BCUT2D eigenvalue weighted by atomic mass is 9.84. The van der Waals surface area contributed by atoms with Crippen molar-refractivity contribution in [1.29, 1.82) is 0 Å². The Hall–Kier alpha value is -3.07. The monoisotopic (exact) mass is 331 g/mol. The predicted molar refractivity (Wildman–Crippen MR) is 99.8 cm³/mol. The molecule has 3 aromatic rings. The van der Waals surface area contributed by atoms with Crippen LogP contribution in [0.5, 0.6) is 5.75 Å². The van der Waals surface area contributed by atoms with E-state index in [4.69, 9.17) is 4.74 Å². The average molecular weight is 331 g/mol. The molecule has 3 aromatic carbocycles. The van der Waals surface area contributed by atoms with Crippen molar-refractivity contribution in [2.45, 2.75) is 12.5 Å². The summed E-state index contributed by atoms with van der Waals surface area (Å²) in [5.74, 6) is 0.600. The fraction of sp³-hybridized carbons (Fsp3) is 0.136. The summed E-state index contributed by atoms with van der Waals surface area (Å²) in [6, 6.07) is 27.1. The summed E-state index contributed by atoms with van der Waals surface area (Å²) in [4.78, 5) is 12.9. The summed E-state index contributed by atoms with van der Waals surface area (Å²) in [7, 11) is 1.61. The number of amides is 1. The largest absolute Gasteiger partial charge is 0.497 e. The summed E-state index contributed by atoms with van der Waals surface area (Å²) in [5, 5.41) is 3.20. The summed E-state index contributed by atoms with van der Waals surface area (Å²) >= 11 is 0. The molecule has 1 amide bonds. The Labute approximate surface area is 148 Å². The minimum absolute atomic E-state index is 0.127. The first-order chi connectivity index (χ1) is 12.1. The van der Waals surface area contributed by atoms with Gasteiger partial charge in [0.1, 0.15) is 5.75 Å². The molecule has 126 valence electrons. The summed E-state index contributed by atoms with van der Waals surface area (Å²) in [6.45, 7) is 2.03. The number of carbonyl (C=O) groups excluding carboxylic acids is 1. The minimum atomic E-state index is -0.625. The van der Waals surface area contributed by atoms with Gasteiger partial charge in [0, 0.05) is 5.56 Å². The summed E-state index contributed by atoms with van der Waals surface area (Å²) in [5.41, 5.74) is 2.03. The Morgan fingerprint density at radius 1 is 0.800 bits per heavy atom. The van der Waals surface area contributed by atoms with E-state index in [2.05, 4.69) is 5.32 Å². The highest BCUT2D eigenvalue weighted by Gasteiger charge is 2.30. The van der Waals surface area contributed by atoms with E-state index in [9.17, 15) is 4.79 Å². The van der Waals surface area contributed by atoms with E-state index < -0.39 is 5.54 Å². The predicted octanol–water partition coefficient (Wildman–Crippen LogP) is 4.39. The number of hydrogen-bond acceptors (Lipinski definition) is 2. The molecule has 0 heterocycles. The molecule has 0 saturated carbocycles. The van der Waals surface area contributed by atoms with E-state index in [1.54, 1.807) is 31.4 Å². The zero-order chi connectivity index (χ0) is 17.7. The van der Waals surface area contributed by atoms with E-state index in [1.807, 2.05) is 67.6 Å². The minimum Gasteiger partial charge on any atom is -0.497 e. The van der Waals surface area contributed by atoms with Crippen LogP contribution in [0, 0.1) is 0 Å². The van der Waals surface area contributed by atoms with Crippen LogP contribution in [0.1, 0.15) is 28.4 Å². The van der Waals surface area contributed by atoms with Gasteiger partial charge in [-0.05, 0) is 42.3 Å². The van der Waals surface area contributed by atoms with Crippen LogP contribution in [0.15, 0.2) is 84.9 Å². The normalized spacial score (nSPS) is 11.0. The number of methoxy groups -OCH3 is 1. The molecule has 0 aromatic heterocycles. The SMILES string of the molecule is COc1ccc(C(=O)NC(C)(c2ccccc2)c2ccccc2)cc1. The van der Waals surface area contributed by atoms with Crippen LogP contribution in [-0.2, 0) is 5.54 Å². The highest BCUT2D eigenvalue weighted by atomic mass is 16.5. The Kier molecular flexibility index (Phi) is 4.85. The lowest BCUT2D eigenvalue weighted by molar-refractivity contribution is 0.0919. The number of benzene rings is 3. The third kappa shape index (κ3) is 3.56. The third-order valence-electron chi connectivity index (χ3n) is 4.42. The molecule has 0 saturated heterocycles. The molecule has 3 heteroatoms. The number of carbonyl (C=O) groups is 1. The first-order valence-electron chi connectivity index (χ1n) is 8.21. The van der Waals surface area contributed by atoms with E-state index in [-0.39, 0.29) is 5.91 Å². The molecule has 25 heavy (non-hydrogen) atoms. The molecule has 0 spiro atoms. The zero-order valence-corrected chi connectivity index (χ0v) is 14.4. The molecule has 0 radical (unpaired) electrons. The Morgan fingerprint density at radius 2 is 1.28 bits per heavy atom. The lowest BCUT2D eigenvalue weighted by Crippen LogP contribution is -2.44. The van der Waals surface area contributed by atoms with Crippen molar-refractivity contribution in [3.05, 3.63) is 102 Å². The maximum atomic E-state index is 12.9. The first kappa shape index (κ1) is 16.8. The van der Waals surface area contributed by atoms with Crippen LogP contribution in [0.25, 0.3) is 0 Å². The fourth-order valence-corrected chi connectivity index (χ4v) is 2.90. The van der Waals surface area contributed by atoms with Crippen molar-refractivity contribution in [2.24, 2.45) is 0 Å². The van der Waals surface area contributed by atoms with Crippen LogP contribution in [0.2, 0.25) is 0 Å². The van der Waals surface area contributed by atoms with Crippen LogP contribution in [-0.4, -0.2) is 13.0 Å². The van der Waals surface area contributed by atoms with E-state index in [0.29, 0.717) is 5.56 Å². The summed E-state index contributed by atoms with van der Waals surface area (Å²) in [6.07, 6.45) is 0. The molecule has 3 nitrogen and oxygen atoms in total.